The molecular formula is C14H17N3O2S. The zero-order valence-corrected chi connectivity index (χ0v) is 12.2. The third-order valence-corrected chi connectivity index (χ3v) is 4.32. The lowest BCUT2D eigenvalue weighted by Gasteiger charge is -2.17. The van der Waals surface area contributed by atoms with Gasteiger partial charge in [-0.2, -0.15) is 16.4 Å². The molecule has 0 aliphatic carbocycles. The van der Waals surface area contributed by atoms with Crippen LogP contribution in [-0.4, -0.2) is 41.3 Å². The topological polar surface area (TPSA) is 58.2 Å². The van der Waals surface area contributed by atoms with E-state index < -0.39 is 0 Å². The first-order valence-corrected chi connectivity index (χ1v) is 7.57. The number of rotatable bonds is 4. The summed E-state index contributed by atoms with van der Waals surface area (Å²) in [4.78, 5) is 14.3. The highest BCUT2D eigenvalue weighted by Crippen LogP contribution is 2.26. The number of aromatic nitrogens is 2. The summed E-state index contributed by atoms with van der Waals surface area (Å²) >= 11 is 1.64. The van der Waals surface area contributed by atoms with E-state index in [1.165, 1.54) is 0 Å². The molecule has 1 amide bonds. The van der Waals surface area contributed by atoms with Crippen LogP contribution < -0.4 is 0 Å². The fourth-order valence-electron chi connectivity index (χ4n) is 2.47. The van der Waals surface area contributed by atoms with Gasteiger partial charge in [-0.1, -0.05) is 0 Å². The summed E-state index contributed by atoms with van der Waals surface area (Å²) in [7, 11) is 1.82. The highest BCUT2D eigenvalue weighted by molar-refractivity contribution is 7.07. The minimum absolute atomic E-state index is 0.00634. The number of hydrogen-bond acceptors (Lipinski definition) is 4. The van der Waals surface area contributed by atoms with Gasteiger partial charge in [-0.25, -0.2) is 0 Å². The SMILES string of the molecule is CN(Cc1ccsc1)C(=O)c1cn[nH]c1[C@H]1CCOC1. The Bertz CT molecular complexity index is 573. The fourth-order valence-corrected chi connectivity index (χ4v) is 3.13. The Kier molecular flexibility index (Phi) is 3.84. The van der Waals surface area contributed by atoms with Crippen LogP contribution in [0.4, 0.5) is 0 Å². The molecule has 0 aromatic carbocycles. The van der Waals surface area contributed by atoms with Crippen LogP contribution in [0, 0.1) is 0 Å². The van der Waals surface area contributed by atoms with Crippen molar-refractivity contribution in [1.82, 2.24) is 15.1 Å². The Morgan fingerprint density at radius 2 is 2.55 bits per heavy atom. The third-order valence-electron chi connectivity index (χ3n) is 3.58. The van der Waals surface area contributed by atoms with Crippen molar-refractivity contribution in [2.24, 2.45) is 0 Å². The predicted octanol–water partition coefficient (Wildman–Crippen LogP) is 2.25. The molecule has 6 heteroatoms. The number of amides is 1. The van der Waals surface area contributed by atoms with Crippen molar-refractivity contribution in [3.05, 3.63) is 39.8 Å². The molecule has 1 saturated heterocycles. The maximum Gasteiger partial charge on any atom is 0.257 e. The van der Waals surface area contributed by atoms with Crippen molar-refractivity contribution in [1.29, 1.82) is 0 Å². The molecule has 1 atom stereocenters. The number of nitrogens with zero attached hydrogens (tertiary/aromatic N) is 2. The van der Waals surface area contributed by atoms with E-state index in [1.807, 2.05) is 18.5 Å². The summed E-state index contributed by atoms with van der Waals surface area (Å²) < 4.78 is 5.39. The quantitative estimate of drug-likeness (QED) is 0.940. The number of carbonyl (C=O) groups excluding carboxylic acids is 1. The van der Waals surface area contributed by atoms with Crippen molar-refractivity contribution in [3.63, 3.8) is 0 Å². The molecule has 106 valence electrons. The molecule has 3 heterocycles. The summed E-state index contributed by atoms with van der Waals surface area (Å²) in [5, 5.41) is 11.1. The van der Waals surface area contributed by atoms with Gasteiger partial charge in [0.25, 0.3) is 5.91 Å². The fraction of sp³-hybridized carbons (Fsp3) is 0.429. The van der Waals surface area contributed by atoms with Gasteiger partial charge in [0.15, 0.2) is 0 Å². The average Bonchev–Trinajstić information content (AvgIpc) is 3.18. The zero-order chi connectivity index (χ0) is 13.9. The van der Waals surface area contributed by atoms with Crippen molar-refractivity contribution < 1.29 is 9.53 Å². The first-order chi connectivity index (χ1) is 9.75. The van der Waals surface area contributed by atoms with E-state index >= 15 is 0 Å². The second-order valence-corrected chi connectivity index (χ2v) is 5.83. The molecule has 1 N–H and O–H groups in total. The monoisotopic (exact) mass is 291 g/mol. The molecule has 0 saturated carbocycles. The summed E-state index contributed by atoms with van der Waals surface area (Å²) in [5.41, 5.74) is 2.72. The molecule has 2 aromatic rings. The second-order valence-electron chi connectivity index (χ2n) is 5.05. The number of ether oxygens (including phenoxy) is 1. The molecular weight excluding hydrogens is 274 g/mol. The molecule has 1 fully saturated rings. The third kappa shape index (κ3) is 2.62. The van der Waals surface area contributed by atoms with Gasteiger partial charge in [0.05, 0.1) is 24.1 Å². The molecule has 0 spiro atoms. The lowest BCUT2D eigenvalue weighted by atomic mass is 10.0. The number of thiophene rings is 1. The van der Waals surface area contributed by atoms with Crippen LogP contribution in [0.3, 0.4) is 0 Å². The number of nitrogens with one attached hydrogen (secondary N) is 1. The maximum absolute atomic E-state index is 12.5. The number of H-pyrrole nitrogens is 1. The summed E-state index contributed by atoms with van der Waals surface area (Å²) in [6.07, 6.45) is 2.57. The molecule has 3 rings (SSSR count). The Balaban J connectivity index is 1.75. The van der Waals surface area contributed by atoms with Crippen LogP contribution >= 0.6 is 11.3 Å². The van der Waals surface area contributed by atoms with E-state index in [0.29, 0.717) is 18.7 Å². The Morgan fingerprint density at radius 3 is 3.25 bits per heavy atom. The van der Waals surface area contributed by atoms with Gasteiger partial charge in [0.1, 0.15) is 0 Å². The molecule has 1 aliphatic heterocycles. The lowest BCUT2D eigenvalue weighted by Crippen LogP contribution is -2.27. The lowest BCUT2D eigenvalue weighted by molar-refractivity contribution is 0.0783. The largest absolute Gasteiger partial charge is 0.381 e. The molecule has 2 aromatic heterocycles. The number of aromatic amines is 1. The summed E-state index contributed by atoms with van der Waals surface area (Å²) in [5.74, 6) is 0.262. The molecule has 0 bridgehead atoms. The van der Waals surface area contributed by atoms with E-state index in [2.05, 4.69) is 15.6 Å². The summed E-state index contributed by atoms with van der Waals surface area (Å²) in [6.45, 7) is 2.03. The van der Waals surface area contributed by atoms with Crippen LogP contribution in [-0.2, 0) is 11.3 Å². The first-order valence-electron chi connectivity index (χ1n) is 6.63. The van der Waals surface area contributed by atoms with Crippen LogP contribution in [0.2, 0.25) is 0 Å². The molecule has 0 unspecified atom stereocenters. The average molecular weight is 291 g/mol. The van der Waals surface area contributed by atoms with Crippen LogP contribution in [0.15, 0.2) is 23.0 Å². The van der Waals surface area contributed by atoms with Gasteiger partial charge >= 0.3 is 0 Å². The number of carbonyl (C=O) groups is 1. The van der Waals surface area contributed by atoms with Crippen LogP contribution in [0.25, 0.3) is 0 Å². The van der Waals surface area contributed by atoms with Gasteiger partial charge in [0, 0.05) is 26.1 Å². The zero-order valence-electron chi connectivity index (χ0n) is 11.3. The normalized spacial score (nSPS) is 18.4. The first kappa shape index (κ1) is 13.3. The molecule has 20 heavy (non-hydrogen) atoms. The predicted molar refractivity (Wildman–Crippen MR) is 76.9 cm³/mol. The minimum atomic E-state index is 0.00634. The minimum Gasteiger partial charge on any atom is -0.381 e. The maximum atomic E-state index is 12.5. The second kappa shape index (κ2) is 5.76. The smallest absolute Gasteiger partial charge is 0.257 e. The Hall–Kier alpha value is -1.66. The van der Waals surface area contributed by atoms with Gasteiger partial charge in [-0.3, -0.25) is 9.89 Å². The van der Waals surface area contributed by atoms with Crippen molar-refractivity contribution >= 4 is 17.2 Å². The van der Waals surface area contributed by atoms with Crippen molar-refractivity contribution in [2.45, 2.75) is 18.9 Å². The molecule has 1 aliphatic rings. The van der Waals surface area contributed by atoms with Crippen LogP contribution in [0.5, 0.6) is 0 Å². The highest BCUT2D eigenvalue weighted by atomic mass is 32.1. The number of hydrogen-bond donors (Lipinski definition) is 1. The van der Waals surface area contributed by atoms with E-state index in [1.54, 1.807) is 22.4 Å². The van der Waals surface area contributed by atoms with E-state index in [0.717, 1.165) is 24.3 Å². The van der Waals surface area contributed by atoms with Gasteiger partial charge in [0.2, 0.25) is 0 Å². The molecule has 0 radical (unpaired) electrons. The summed E-state index contributed by atoms with van der Waals surface area (Å²) in [6, 6.07) is 2.04. The van der Waals surface area contributed by atoms with E-state index in [4.69, 9.17) is 4.74 Å². The standard InChI is InChI=1S/C14H17N3O2S/c1-17(7-10-3-5-20-9-10)14(18)12-6-15-16-13(12)11-2-4-19-8-11/h3,5-6,9,11H,2,4,7-8H2,1H3,(H,15,16)/t11-/m0/s1. The van der Waals surface area contributed by atoms with Crippen molar-refractivity contribution in [3.8, 4) is 0 Å². The van der Waals surface area contributed by atoms with E-state index in [9.17, 15) is 4.79 Å². The highest BCUT2D eigenvalue weighted by Gasteiger charge is 2.26. The Morgan fingerprint density at radius 1 is 1.65 bits per heavy atom. The molecule has 5 nitrogen and oxygen atoms in total. The Labute approximate surface area is 121 Å². The van der Waals surface area contributed by atoms with Gasteiger partial charge < -0.3 is 9.64 Å². The van der Waals surface area contributed by atoms with E-state index in [-0.39, 0.29) is 11.8 Å². The van der Waals surface area contributed by atoms with Gasteiger partial charge in [-0.15, -0.1) is 0 Å². The van der Waals surface area contributed by atoms with Crippen molar-refractivity contribution in [2.75, 3.05) is 20.3 Å². The van der Waals surface area contributed by atoms with Gasteiger partial charge in [-0.05, 0) is 28.8 Å². The van der Waals surface area contributed by atoms with Crippen LogP contribution in [0.1, 0.15) is 34.0 Å².